The van der Waals surface area contributed by atoms with Gasteiger partial charge in [0.1, 0.15) is 0 Å². The fraction of sp³-hybridized carbons (Fsp3) is 0.600. The van der Waals surface area contributed by atoms with Crippen molar-refractivity contribution in [1.82, 2.24) is 4.57 Å². The number of aryl methyl sites for hydroxylation is 1. The standard InChI is InChI=1S/C25H37NO3/c1-3-5-7-8-9-10-15-22-19-21-14-11-12-16-23(21)26(22)24(27)17-20(13-6-4-2)18-25(28)29/h11-12,14,16,19-20H,3-10,13,15,17-18H2,1-2H3,(H,28,29). The third kappa shape index (κ3) is 7.34. The molecule has 0 saturated heterocycles. The number of carboxylic acid groups (broad SMARTS) is 1. The van der Waals surface area contributed by atoms with Crippen LogP contribution in [0.4, 0.5) is 0 Å². The van der Waals surface area contributed by atoms with Crippen molar-refractivity contribution in [2.45, 2.75) is 90.9 Å². The van der Waals surface area contributed by atoms with Gasteiger partial charge in [-0.15, -0.1) is 0 Å². The van der Waals surface area contributed by atoms with Crippen LogP contribution in [0.25, 0.3) is 10.9 Å². The van der Waals surface area contributed by atoms with Crippen molar-refractivity contribution in [3.8, 4) is 0 Å². The second-order valence-electron chi connectivity index (χ2n) is 8.25. The Hall–Kier alpha value is -2.10. The van der Waals surface area contributed by atoms with Gasteiger partial charge in [-0.25, -0.2) is 0 Å². The molecule has 0 spiro atoms. The molecule has 1 aromatic heterocycles. The molecule has 2 aromatic rings. The van der Waals surface area contributed by atoms with Gasteiger partial charge in [-0.2, -0.15) is 0 Å². The van der Waals surface area contributed by atoms with Gasteiger partial charge in [0.2, 0.25) is 5.91 Å². The van der Waals surface area contributed by atoms with Crippen LogP contribution in [0.2, 0.25) is 0 Å². The smallest absolute Gasteiger partial charge is 0.303 e. The largest absolute Gasteiger partial charge is 0.481 e. The van der Waals surface area contributed by atoms with Crippen molar-refractivity contribution in [1.29, 1.82) is 0 Å². The molecule has 0 radical (unpaired) electrons. The van der Waals surface area contributed by atoms with Crippen molar-refractivity contribution in [3.05, 3.63) is 36.0 Å². The van der Waals surface area contributed by atoms with E-state index in [4.69, 9.17) is 0 Å². The topological polar surface area (TPSA) is 59.3 Å². The SMILES string of the molecule is CCCCCCCCc1cc2ccccc2n1C(=O)CC(CCCC)CC(=O)O. The third-order valence-electron chi connectivity index (χ3n) is 5.72. The molecule has 160 valence electrons. The molecule has 0 fully saturated rings. The Balaban J connectivity index is 2.13. The van der Waals surface area contributed by atoms with Crippen molar-refractivity contribution < 1.29 is 14.7 Å². The van der Waals surface area contributed by atoms with Crippen molar-refractivity contribution in [2.24, 2.45) is 5.92 Å². The van der Waals surface area contributed by atoms with Gasteiger partial charge in [0.15, 0.2) is 0 Å². The average molecular weight is 400 g/mol. The van der Waals surface area contributed by atoms with E-state index in [1.165, 1.54) is 32.1 Å². The molecule has 0 aliphatic carbocycles. The number of hydrogen-bond acceptors (Lipinski definition) is 2. The van der Waals surface area contributed by atoms with E-state index in [0.29, 0.717) is 6.42 Å². The van der Waals surface area contributed by atoms with E-state index in [1.54, 1.807) is 0 Å². The number of aliphatic carboxylic acids is 1. The van der Waals surface area contributed by atoms with E-state index in [1.807, 2.05) is 22.8 Å². The molecule has 1 atom stereocenters. The number of nitrogens with zero attached hydrogens (tertiary/aromatic N) is 1. The Morgan fingerprint density at radius 3 is 2.34 bits per heavy atom. The molecule has 0 saturated carbocycles. The van der Waals surface area contributed by atoms with Crippen LogP contribution in [0, 0.1) is 5.92 Å². The first-order valence-corrected chi connectivity index (χ1v) is 11.4. The second-order valence-corrected chi connectivity index (χ2v) is 8.25. The highest BCUT2D eigenvalue weighted by Crippen LogP contribution is 2.25. The van der Waals surface area contributed by atoms with Crippen molar-refractivity contribution >= 4 is 22.8 Å². The fourth-order valence-corrected chi connectivity index (χ4v) is 4.13. The molecule has 1 aromatic carbocycles. The summed E-state index contributed by atoms with van der Waals surface area (Å²) in [4.78, 5) is 24.5. The van der Waals surface area contributed by atoms with Gasteiger partial charge in [-0.3, -0.25) is 14.2 Å². The zero-order valence-corrected chi connectivity index (χ0v) is 18.2. The number of rotatable bonds is 14. The predicted octanol–water partition coefficient (Wildman–Crippen LogP) is 6.86. The minimum absolute atomic E-state index is 0.0366. The van der Waals surface area contributed by atoms with Crippen LogP contribution in [0.5, 0.6) is 0 Å². The Bertz CT molecular complexity index is 777. The van der Waals surface area contributed by atoms with E-state index in [9.17, 15) is 14.7 Å². The normalized spacial score (nSPS) is 12.3. The van der Waals surface area contributed by atoms with Gasteiger partial charge in [0.25, 0.3) is 0 Å². The second kappa shape index (κ2) is 12.5. The van der Waals surface area contributed by atoms with Crippen molar-refractivity contribution in [3.63, 3.8) is 0 Å². The molecule has 1 N–H and O–H groups in total. The van der Waals surface area contributed by atoms with Crippen LogP contribution < -0.4 is 0 Å². The van der Waals surface area contributed by atoms with Crippen molar-refractivity contribution in [2.75, 3.05) is 0 Å². The lowest BCUT2D eigenvalue weighted by Crippen LogP contribution is -2.19. The summed E-state index contributed by atoms with van der Waals surface area (Å²) < 4.78 is 1.86. The number of carbonyl (C=O) groups excluding carboxylic acids is 1. The Morgan fingerprint density at radius 2 is 1.62 bits per heavy atom. The number of carboxylic acids is 1. The molecule has 4 nitrogen and oxygen atoms in total. The lowest BCUT2D eigenvalue weighted by atomic mass is 9.94. The summed E-state index contributed by atoms with van der Waals surface area (Å²) in [5, 5.41) is 10.3. The van der Waals surface area contributed by atoms with Gasteiger partial charge in [-0.05, 0) is 37.3 Å². The number of carbonyl (C=O) groups is 2. The average Bonchev–Trinajstić information content (AvgIpc) is 3.06. The maximum Gasteiger partial charge on any atom is 0.303 e. The van der Waals surface area contributed by atoms with E-state index < -0.39 is 5.97 Å². The number of benzene rings is 1. The van der Waals surface area contributed by atoms with Gasteiger partial charge in [0, 0.05) is 23.9 Å². The highest BCUT2D eigenvalue weighted by atomic mass is 16.4. The summed E-state index contributed by atoms with van der Waals surface area (Å²) in [5.41, 5.74) is 2.01. The van der Waals surface area contributed by atoms with E-state index in [2.05, 4.69) is 26.0 Å². The summed E-state index contributed by atoms with van der Waals surface area (Å²) in [5.74, 6) is -0.874. The molecule has 2 rings (SSSR count). The van der Waals surface area contributed by atoms with Crippen LogP contribution in [0.1, 0.15) is 95.0 Å². The minimum Gasteiger partial charge on any atom is -0.481 e. The maximum absolute atomic E-state index is 13.2. The van der Waals surface area contributed by atoms with Crippen LogP contribution in [0.3, 0.4) is 0 Å². The molecule has 29 heavy (non-hydrogen) atoms. The molecule has 0 bridgehead atoms. The number of aromatic nitrogens is 1. The number of para-hydroxylation sites is 1. The molecule has 1 heterocycles. The first kappa shape index (κ1) is 23.2. The third-order valence-corrected chi connectivity index (χ3v) is 5.72. The summed E-state index contributed by atoms with van der Waals surface area (Å²) >= 11 is 0. The lowest BCUT2D eigenvalue weighted by molar-refractivity contribution is -0.138. The molecular weight excluding hydrogens is 362 g/mol. The summed E-state index contributed by atoms with van der Waals surface area (Å²) in [6, 6.07) is 10.1. The van der Waals surface area contributed by atoms with Gasteiger partial charge in [-0.1, -0.05) is 77.0 Å². The highest BCUT2D eigenvalue weighted by molar-refractivity contribution is 5.94. The number of fused-ring (bicyclic) bond motifs is 1. The summed E-state index contributed by atoms with van der Waals surface area (Å²) in [6.07, 6.45) is 11.4. The lowest BCUT2D eigenvalue weighted by Gasteiger charge is -2.16. The molecule has 4 heteroatoms. The zero-order chi connectivity index (χ0) is 21.1. The Labute approximate surface area is 175 Å². The Kier molecular flexibility index (Phi) is 9.96. The number of hydrogen-bond donors (Lipinski definition) is 1. The summed E-state index contributed by atoms with van der Waals surface area (Å²) in [6.45, 7) is 4.32. The minimum atomic E-state index is -0.816. The molecule has 0 amide bonds. The monoisotopic (exact) mass is 399 g/mol. The first-order valence-electron chi connectivity index (χ1n) is 11.4. The highest BCUT2D eigenvalue weighted by Gasteiger charge is 2.21. The zero-order valence-electron chi connectivity index (χ0n) is 18.2. The van der Waals surface area contributed by atoms with E-state index in [-0.39, 0.29) is 18.2 Å². The number of unbranched alkanes of at least 4 members (excludes halogenated alkanes) is 6. The van der Waals surface area contributed by atoms with Gasteiger partial charge < -0.3 is 5.11 Å². The summed E-state index contributed by atoms with van der Waals surface area (Å²) in [7, 11) is 0. The van der Waals surface area contributed by atoms with Gasteiger partial charge >= 0.3 is 5.97 Å². The fourth-order valence-electron chi connectivity index (χ4n) is 4.13. The Morgan fingerprint density at radius 1 is 0.931 bits per heavy atom. The van der Waals surface area contributed by atoms with E-state index >= 15 is 0 Å². The predicted molar refractivity (Wildman–Crippen MR) is 120 cm³/mol. The van der Waals surface area contributed by atoms with Crippen LogP contribution in [0.15, 0.2) is 30.3 Å². The molecule has 0 aliphatic rings. The molecule has 1 unspecified atom stereocenters. The maximum atomic E-state index is 13.2. The van der Waals surface area contributed by atoms with Crippen LogP contribution in [-0.2, 0) is 11.2 Å². The first-order chi connectivity index (χ1) is 14.1. The molecule has 0 aliphatic heterocycles. The molecular formula is C25H37NO3. The van der Waals surface area contributed by atoms with Crippen LogP contribution in [-0.4, -0.2) is 21.6 Å². The quantitative estimate of drug-likeness (QED) is 0.353. The van der Waals surface area contributed by atoms with Crippen LogP contribution >= 0.6 is 0 Å². The van der Waals surface area contributed by atoms with Gasteiger partial charge in [0.05, 0.1) is 5.52 Å². The van der Waals surface area contributed by atoms with E-state index in [0.717, 1.165) is 48.7 Å².